The minimum Gasteiger partial charge on any atom is -0.393 e. The molecule has 110 valence electrons. The lowest BCUT2D eigenvalue weighted by Gasteiger charge is -2.36. The zero-order chi connectivity index (χ0) is 15.0. The van der Waals surface area contributed by atoms with Crippen molar-refractivity contribution in [1.82, 2.24) is 0 Å². The Balaban J connectivity index is 2.56. The summed E-state index contributed by atoms with van der Waals surface area (Å²) in [5, 5.41) is 29.6. The van der Waals surface area contributed by atoms with Gasteiger partial charge in [-0.1, -0.05) is 44.2 Å². The molecular formula is C17H25NO2. The third-order valence-corrected chi connectivity index (χ3v) is 4.28. The topological polar surface area (TPSA) is 64.2 Å². The van der Waals surface area contributed by atoms with Crippen molar-refractivity contribution < 1.29 is 10.2 Å². The summed E-state index contributed by atoms with van der Waals surface area (Å²) in [6.07, 6.45) is 2.16. The van der Waals surface area contributed by atoms with Gasteiger partial charge in [0.1, 0.15) is 0 Å². The second-order valence-electron chi connectivity index (χ2n) is 5.50. The van der Waals surface area contributed by atoms with Crippen LogP contribution in [-0.4, -0.2) is 21.9 Å². The average Bonchev–Trinajstić information content (AvgIpc) is 2.50. The summed E-state index contributed by atoms with van der Waals surface area (Å²) in [5.41, 5.74) is 0.238. The first-order valence-electron chi connectivity index (χ1n) is 7.35. The molecule has 1 rings (SSSR count). The molecule has 0 radical (unpaired) electrons. The highest BCUT2D eigenvalue weighted by Gasteiger charge is 2.35. The van der Waals surface area contributed by atoms with Gasteiger partial charge >= 0.3 is 0 Å². The van der Waals surface area contributed by atoms with E-state index in [4.69, 9.17) is 5.26 Å². The van der Waals surface area contributed by atoms with Crippen LogP contribution in [0.15, 0.2) is 30.3 Å². The molecule has 0 amide bonds. The first kappa shape index (κ1) is 16.7. The molecule has 0 spiro atoms. The van der Waals surface area contributed by atoms with Crippen molar-refractivity contribution in [2.75, 3.05) is 0 Å². The number of hydrogen-bond donors (Lipinski definition) is 2. The molecule has 20 heavy (non-hydrogen) atoms. The van der Waals surface area contributed by atoms with Crippen molar-refractivity contribution >= 4 is 0 Å². The standard InChI is InChI=1S/C17H25NO2/c1-3-17(20,12-7-13-18)14(2)16(19)11-10-15-8-5-4-6-9-15/h4-6,8-9,14,16,19-20H,3,7,10-12H2,1-2H3/t14-,16+,17+/m0/s1. The molecule has 0 aromatic heterocycles. The van der Waals surface area contributed by atoms with Crippen LogP contribution in [0.1, 0.15) is 45.1 Å². The number of nitriles is 1. The van der Waals surface area contributed by atoms with Crippen LogP contribution in [0, 0.1) is 17.2 Å². The van der Waals surface area contributed by atoms with Crippen molar-refractivity contribution in [3.63, 3.8) is 0 Å². The van der Waals surface area contributed by atoms with E-state index in [2.05, 4.69) is 6.07 Å². The smallest absolute Gasteiger partial charge is 0.0705 e. The predicted octanol–water partition coefficient (Wildman–Crippen LogP) is 3.06. The summed E-state index contributed by atoms with van der Waals surface area (Å²) in [5.74, 6) is -0.232. The Hall–Kier alpha value is -1.37. The summed E-state index contributed by atoms with van der Waals surface area (Å²) < 4.78 is 0. The van der Waals surface area contributed by atoms with Gasteiger partial charge in [0, 0.05) is 12.3 Å². The summed E-state index contributed by atoms with van der Waals surface area (Å²) in [6.45, 7) is 3.77. The number of benzene rings is 1. The van der Waals surface area contributed by atoms with Gasteiger partial charge in [-0.05, 0) is 31.2 Å². The Bertz CT molecular complexity index is 426. The zero-order valence-electron chi connectivity index (χ0n) is 12.4. The first-order chi connectivity index (χ1) is 9.53. The molecule has 1 aromatic carbocycles. The normalized spacial score (nSPS) is 16.9. The number of aliphatic hydroxyl groups is 2. The summed E-state index contributed by atoms with van der Waals surface area (Å²) in [4.78, 5) is 0. The monoisotopic (exact) mass is 275 g/mol. The van der Waals surface area contributed by atoms with E-state index >= 15 is 0 Å². The van der Waals surface area contributed by atoms with Crippen molar-refractivity contribution in [3.05, 3.63) is 35.9 Å². The molecule has 0 aliphatic carbocycles. The lowest BCUT2D eigenvalue weighted by molar-refractivity contribution is -0.0727. The van der Waals surface area contributed by atoms with Crippen LogP contribution in [0.4, 0.5) is 0 Å². The van der Waals surface area contributed by atoms with Crippen LogP contribution in [0.5, 0.6) is 0 Å². The zero-order valence-corrected chi connectivity index (χ0v) is 12.4. The molecule has 0 fully saturated rings. The van der Waals surface area contributed by atoms with Crippen LogP contribution in [0.25, 0.3) is 0 Å². The minimum absolute atomic E-state index is 0.232. The fourth-order valence-corrected chi connectivity index (χ4v) is 2.57. The van der Waals surface area contributed by atoms with Gasteiger partial charge < -0.3 is 10.2 Å². The Morgan fingerprint density at radius 1 is 1.30 bits per heavy atom. The molecule has 0 unspecified atom stereocenters. The number of nitrogens with zero attached hydrogens (tertiary/aromatic N) is 1. The van der Waals surface area contributed by atoms with Gasteiger partial charge in [-0.25, -0.2) is 0 Å². The third kappa shape index (κ3) is 4.63. The second kappa shape index (κ2) is 8.04. The Morgan fingerprint density at radius 3 is 2.50 bits per heavy atom. The number of rotatable bonds is 8. The van der Waals surface area contributed by atoms with Gasteiger partial charge in [-0.2, -0.15) is 5.26 Å². The molecule has 1 aromatic rings. The Labute approximate surface area is 121 Å². The van der Waals surface area contributed by atoms with Crippen LogP contribution in [0.2, 0.25) is 0 Å². The first-order valence-corrected chi connectivity index (χ1v) is 7.35. The van der Waals surface area contributed by atoms with Crippen LogP contribution in [0.3, 0.4) is 0 Å². The van der Waals surface area contributed by atoms with E-state index < -0.39 is 11.7 Å². The fraction of sp³-hybridized carbons (Fsp3) is 0.588. The Morgan fingerprint density at radius 2 is 1.95 bits per heavy atom. The van der Waals surface area contributed by atoms with Crippen molar-refractivity contribution in [2.24, 2.45) is 5.92 Å². The largest absolute Gasteiger partial charge is 0.393 e. The maximum atomic E-state index is 10.6. The Kier molecular flexibility index (Phi) is 6.70. The van der Waals surface area contributed by atoms with Crippen LogP contribution in [-0.2, 0) is 6.42 Å². The van der Waals surface area contributed by atoms with E-state index in [1.54, 1.807) is 0 Å². The van der Waals surface area contributed by atoms with E-state index in [1.807, 2.05) is 44.2 Å². The van der Waals surface area contributed by atoms with E-state index in [0.717, 1.165) is 6.42 Å². The highest BCUT2D eigenvalue weighted by Crippen LogP contribution is 2.30. The average molecular weight is 275 g/mol. The lowest BCUT2D eigenvalue weighted by Crippen LogP contribution is -2.42. The van der Waals surface area contributed by atoms with Crippen LogP contribution < -0.4 is 0 Å². The van der Waals surface area contributed by atoms with Gasteiger partial charge in [-0.15, -0.1) is 0 Å². The molecule has 0 saturated carbocycles. The fourth-order valence-electron chi connectivity index (χ4n) is 2.57. The van der Waals surface area contributed by atoms with Gasteiger partial charge in [0.25, 0.3) is 0 Å². The second-order valence-corrected chi connectivity index (χ2v) is 5.50. The maximum absolute atomic E-state index is 10.6. The molecule has 3 atom stereocenters. The molecule has 3 nitrogen and oxygen atoms in total. The van der Waals surface area contributed by atoms with Gasteiger partial charge in [0.2, 0.25) is 0 Å². The highest BCUT2D eigenvalue weighted by atomic mass is 16.3. The van der Waals surface area contributed by atoms with Crippen molar-refractivity contribution in [1.29, 1.82) is 5.26 Å². The summed E-state index contributed by atoms with van der Waals surface area (Å²) in [6, 6.07) is 12.1. The number of aliphatic hydroxyl groups excluding tert-OH is 1. The van der Waals surface area contributed by atoms with Gasteiger partial charge in [-0.3, -0.25) is 0 Å². The van der Waals surface area contributed by atoms with Crippen molar-refractivity contribution in [3.8, 4) is 6.07 Å². The highest BCUT2D eigenvalue weighted by molar-refractivity contribution is 5.14. The lowest BCUT2D eigenvalue weighted by atomic mass is 9.78. The molecular weight excluding hydrogens is 250 g/mol. The summed E-state index contributed by atoms with van der Waals surface area (Å²) in [7, 11) is 0. The number of hydrogen-bond acceptors (Lipinski definition) is 3. The van der Waals surface area contributed by atoms with E-state index in [1.165, 1.54) is 5.56 Å². The molecule has 0 saturated heterocycles. The molecule has 0 aliphatic heterocycles. The molecule has 2 N–H and O–H groups in total. The third-order valence-electron chi connectivity index (χ3n) is 4.28. The SMILES string of the molecule is CC[C@@](O)(CCC#N)[C@@H](C)[C@H](O)CCc1ccccc1. The van der Waals surface area contributed by atoms with E-state index in [0.29, 0.717) is 25.7 Å². The predicted molar refractivity (Wildman–Crippen MR) is 80.0 cm³/mol. The summed E-state index contributed by atoms with van der Waals surface area (Å²) >= 11 is 0. The molecule has 0 bridgehead atoms. The number of aryl methyl sites for hydroxylation is 1. The van der Waals surface area contributed by atoms with E-state index in [9.17, 15) is 10.2 Å². The maximum Gasteiger partial charge on any atom is 0.0705 e. The quantitative estimate of drug-likeness (QED) is 0.766. The minimum atomic E-state index is -0.953. The molecule has 0 heterocycles. The van der Waals surface area contributed by atoms with E-state index in [-0.39, 0.29) is 5.92 Å². The van der Waals surface area contributed by atoms with Gasteiger partial charge in [0.15, 0.2) is 0 Å². The van der Waals surface area contributed by atoms with Crippen molar-refractivity contribution in [2.45, 2.75) is 57.7 Å². The van der Waals surface area contributed by atoms with Gasteiger partial charge in [0.05, 0.1) is 17.8 Å². The molecule has 3 heteroatoms. The van der Waals surface area contributed by atoms with Crippen LogP contribution >= 0.6 is 0 Å². The molecule has 0 aliphatic rings.